The molecular weight excluding hydrogens is 440 g/mol. The van der Waals surface area contributed by atoms with Crippen molar-refractivity contribution < 1.29 is 4.79 Å². The molecule has 0 spiro atoms. The van der Waals surface area contributed by atoms with Gasteiger partial charge in [0.1, 0.15) is 10.9 Å². The van der Waals surface area contributed by atoms with E-state index in [2.05, 4.69) is 5.32 Å². The van der Waals surface area contributed by atoms with Crippen molar-refractivity contribution in [1.29, 1.82) is 0 Å². The first-order valence-electron chi connectivity index (χ1n) is 8.57. The molecule has 0 saturated heterocycles. The average Bonchev–Trinajstić information content (AvgIpc) is 2.63. The van der Waals surface area contributed by atoms with E-state index >= 15 is 0 Å². The lowest BCUT2D eigenvalue weighted by molar-refractivity contribution is -0.129. The summed E-state index contributed by atoms with van der Waals surface area (Å²) in [6.45, 7) is 4.44. The maximum atomic E-state index is 12.9. The Labute approximate surface area is 185 Å². The van der Waals surface area contributed by atoms with Crippen LogP contribution in [0.25, 0.3) is 0 Å². The molecule has 0 heterocycles. The first-order chi connectivity index (χ1) is 13.2. The molecule has 8 heteroatoms. The number of halogens is 4. The number of carbonyl (C=O) groups is 1. The van der Waals surface area contributed by atoms with Crippen LogP contribution in [-0.2, 0) is 17.9 Å². The molecule has 0 radical (unpaired) electrons. The Kier molecular flexibility index (Phi) is 8.32. The molecule has 0 unspecified atom stereocenters. The first kappa shape index (κ1) is 22.7. The summed E-state index contributed by atoms with van der Waals surface area (Å²) in [5, 5.41) is 4.61. The van der Waals surface area contributed by atoms with E-state index < -0.39 is 0 Å². The molecule has 0 aliphatic rings. The minimum atomic E-state index is -0.378. The molecule has 150 valence electrons. The predicted octanol–water partition coefficient (Wildman–Crippen LogP) is 5.54. The molecule has 0 aliphatic heterocycles. The number of carbonyl (C=O) groups excluding carboxylic acids is 1. The van der Waals surface area contributed by atoms with Gasteiger partial charge in [-0.1, -0.05) is 64.6 Å². The lowest BCUT2D eigenvalue weighted by Gasteiger charge is -2.27. The maximum absolute atomic E-state index is 12.9. The minimum Gasteiger partial charge on any atom is -0.392 e. The van der Waals surface area contributed by atoms with Crippen LogP contribution in [0.4, 0.5) is 0 Å². The zero-order valence-corrected chi connectivity index (χ0v) is 18.5. The summed E-state index contributed by atoms with van der Waals surface area (Å²) >= 11 is 24.4. The van der Waals surface area contributed by atoms with E-state index in [1.54, 1.807) is 29.2 Å². The largest absolute Gasteiger partial charge is 0.392 e. The number of nitrogens with two attached hydrogens (primary N) is 1. The molecular formula is C20H21Cl4N3O. The summed E-state index contributed by atoms with van der Waals surface area (Å²) in [6, 6.07) is 12.4. The zero-order valence-electron chi connectivity index (χ0n) is 15.5. The number of hydrogen-bond donors (Lipinski definition) is 2. The Balaban J connectivity index is 2.14. The number of amides is 1. The molecule has 0 fully saturated rings. The van der Waals surface area contributed by atoms with E-state index in [1.165, 1.54) is 0 Å². The predicted molar refractivity (Wildman–Crippen MR) is 118 cm³/mol. The maximum Gasteiger partial charge on any atom is 0.273 e. The summed E-state index contributed by atoms with van der Waals surface area (Å²) in [7, 11) is 0. The first-order valence-corrected chi connectivity index (χ1v) is 10.1. The summed E-state index contributed by atoms with van der Waals surface area (Å²) in [5.74, 6) is -0.378. The van der Waals surface area contributed by atoms with E-state index in [0.717, 1.165) is 11.1 Å². The van der Waals surface area contributed by atoms with Crippen molar-refractivity contribution in [2.75, 3.05) is 0 Å². The van der Waals surface area contributed by atoms with Crippen molar-refractivity contribution in [2.45, 2.75) is 33.0 Å². The molecule has 0 bridgehead atoms. The van der Waals surface area contributed by atoms with Crippen LogP contribution in [0, 0.1) is 0 Å². The van der Waals surface area contributed by atoms with E-state index in [0.29, 0.717) is 28.2 Å². The normalized spacial score (nSPS) is 12.0. The molecule has 4 nitrogen and oxygen atoms in total. The van der Waals surface area contributed by atoms with Crippen LogP contribution in [0.15, 0.2) is 53.3 Å². The molecule has 3 N–H and O–H groups in total. The average molecular weight is 461 g/mol. The number of hydrogen-bond acceptors (Lipinski definition) is 3. The third kappa shape index (κ3) is 6.21. The highest BCUT2D eigenvalue weighted by atomic mass is 35.5. The van der Waals surface area contributed by atoms with Crippen molar-refractivity contribution in [3.05, 3.63) is 79.5 Å². The Hall–Kier alpha value is -1.59. The van der Waals surface area contributed by atoms with E-state index in [1.807, 2.05) is 32.0 Å². The molecule has 0 atom stereocenters. The number of benzene rings is 2. The van der Waals surface area contributed by atoms with Gasteiger partial charge in [0.15, 0.2) is 0 Å². The summed E-state index contributed by atoms with van der Waals surface area (Å²) in [5.41, 5.74) is 7.59. The Bertz CT molecular complexity index is 863. The van der Waals surface area contributed by atoms with E-state index in [-0.39, 0.29) is 22.8 Å². The molecule has 0 saturated carbocycles. The van der Waals surface area contributed by atoms with Gasteiger partial charge in [-0.25, -0.2) is 0 Å². The van der Waals surface area contributed by atoms with Gasteiger partial charge in [-0.05, 0) is 49.2 Å². The summed E-state index contributed by atoms with van der Waals surface area (Å²) in [6.07, 6.45) is 0. The molecule has 1 amide bonds. The van der Waals surface area contributed by atoms with E-state index in [9.17, 15) is 4.79 Å². The number of nitrogens with one attached hydrogen (secondary N) is 1. The molecule has 2 aromatic carbocycles. The lowest BCUT2D eigenvalue weighted by atomic mass is 10.1. The Morgan fingerprint density at radius 2 is 1.71 bits per heavy atom. The fraction of sp³-hybridized carbons (Fsp3) is 0.250. The molecule has 0 aliphatic carbocycles. The minimum absolute atomic E-state index is 0.0610. The monoisotopic (exact) mass is 459 g/mol. The second-order valence-electron chi connectivity index (χ2n) is 6.48. The Morgan fingerprint density at radius 1 is 1.11 bits per heavy atom. The number of nitrogens with zero attached hydrogens (tertiary/aromatic N) is 1. The zero-order chi connectivity index (χ0) is 20.8. The van der Waals surface area contributed by atoms with Crippen LogP contribution in [-0.4, -0.2) is 16.8 Å². The van der Waals surface area contributed by atoms with Crippen LogP contribution >= 0.6 is 46.4 Å². The van der Waals surface area contributed by atoms with Crippen LogP contribution in [0.2, 0.25) is 15.1 Å². The molecule has 28 heavy (non-hydrogen) atoms. The lowest BCUT2D eigenvalue weighted by Crippen LogP contribution is -2.40. The highest BCUT2D eigenvalue weighted by Gasteiger charge is 2.22. The van der Waals surface area contributed by atoms with Gasteiger partial charge in [0.25, 0.3) is 5.91 Å². The second kappa shape index (κ2) is 10.3. The highest BCUT2D eigenvalue weighted by Crippen LogP contribution is 2.21. The van der Waals surface area contributed by atoms with Gasteiger partial charge in [0.2, 0.25) is 0 Å². The van der Waals surface area contributed by atoms with Crippen LogP contribution in [0.3, 0.4) is 0 Å². The second-order valence-corrected chi connectivity index (χ2v) is 8.14. The smallest absolute Gasteiger partial charge is 0.273 e. The van der Waals surface area contributed by atoms with Crippen molar-refractivity contribution in [3.63, 3.8) is 0 Å². The summed E-state index contributed by atoms with van der Waals surface area (Å²) < 4.78 is 0. The van der Waals surface area contributed by atoms with Gasteiger partial charge < -0.3 is 16.0 Å². The van der Waals surface area contributed by atoms with Gasteiger partial charge in [-0.2, -0.15) is 0 Å². The molecule has 0 aromatic heterocycles. The van der Waals surface area contributed by atoms with Gasteiger partial charge in [0.05, 0.1) is 0 Å². The highest BCUT2D eigenvalue weighted by molar-refractivity contribution is 6.34. The van der Waals surface area contributed by atoms with Gasteiger partial charge in [-0.3, -0.25) is 4.79 Å². The quantitative estimate of drug-likeness (QED) is 0.421. The number of rotatable bonds is 7. The van der Waals surface area contributed by atoms with E-state index in [4.69, 9.17) is 52.1 Å². The molecule has 2 aromatic rings. The van der Waals surface area contributed by atoms with Gasteiger partial charge in [0, 0.05) is 34.2 Å². The van der Waals surface area contributed by atoms with Crippen LogP contribution in [0.1, 0.15) is 25.0 Å². The van der Waals surface area contributed by atoms with Crippen LogP contribution < -0.4 is 11.1 Å². The Morgan fingerprint density at radius 3 is 2.29 bits per heavy atom. The van der Waals surface area contributed by atoms with Crippen molar-refractivity contribution >= 4 is 52.3 Å². The standard InChI is InChI=1S/C20H21Cl4N3O/c1-12(2)27(11-14-5-3-4-6-17(14)23)20(28)18(25)19(24)26-10-13-7-15(21)9-16(22)8-13/h3-9,12,26H,10-11,25H2,1-2H3/b19-18-. The summed E-state index contributed by atoms with van der Waals surface area (Å²) in [4.78, 5) is 14.5. The fourth-order valence-corrected chi connectivity index (χ4v) is 3.45. The van der Waals surface area contributed by atoms with Crippen molar-refractivity contribution in [1.82, 2.24) is 10.2 Å². The third-order valence-electron chi connectivity index (χ3n) is 4.02. The fourth-order valence-electron chi connectivity index (χ4n) is 2.54. The van der Waals surface area contributed by atoms with Crippen molar-refractivity contribution in [3.8, 4) is 0 Å². The van der Waals surface area contributed by atoms with Crippen molar-refractivity contribution in [2.24, 2.45) is 5.73 Å². The van der Waals surface area contributed by atoms with Gasteiger partial charge >= 0.3 is 0 Å². The van der Waals surface area contributed by atoms with Gasteiger partial charge in [-0.15, -0.1) is 0 Å². The topological polar surface area (TPSA) is 58.4 Å². The third-order valence-corrected chi connectivity index (χ3v) is 5.16. The van der Waals surface area contributed by atoms with Crippen LogP contribution in [0.5, 0.6) is 0 Å². The molecule has 2 rings (SSSR count). The SMILES string of the molecule is CC(C)N(Cc1ccccc1Cl)C(=O)/C(N)=C(\Cl)NCc1cc(Cl)cc(Cl)c1.